The van der Waals surface area contributed by atoms with Crippen molar-refractivity contribution in [3.05, 3.63) is 35.0 Å². The Morgan fingerprint density at radius 1 is 1.40 bits per heavy atom. The lowest BCUT2D eigenvalue weighted by Gasteiger charge is -2.24. The molecule has 20 heavy (non-hydrogen) atoms. The van der Waals surface area contributed by atoms with Crippen molar-refractivity contribution in [2.24, 2.45) is 5.92 Å². The van der Waals surface area contributed by atoms with Crippen LogP contribution in [0.4, 0.5) is 0 Å². The lowest BCUT2D eigenvalue weighted by Crippen LogP contribution is -2.40. The molecule has 1 heterocycles. The van der Waals surface area contributed by atoms with Crippen molar-refractivity contribution >= 4 is 16.8 Å². The highest BCUT2D eigenvalue weighted by molar-refractivity contribution is 5.85. The first-order valence-corrected chi connectivity index (χ1v) is 7.45. The van der Waals surface area contributed by atoms with Crippen LogP contribution in [0.25, 0.3) is 10.9 Å². The van der Waals surface area contributed by atoms with Gasteiger partial charge in [-0.25, -0.2) is 0 Å². The zero-order valence-corrected chi connectivity index (χ0v) is 12.4. The second-order valence-corrected chi connectivity index (χ2v) is 6.23. The number of rotatable bonds is 2. The van der Waals surface area contributed by atoms with Crippen LogP contribution in [0.1, 0.15) is 37.1 Å². The second-order valence-electron chi connectivity index (χ2n) is 6.23. The quantitative estimate of drug-likeness (QED) is 0.865. The van der Waals surface area contributed by atoms with Crippen molar-refractivity contribution in [1.82, 2.24) is 10.3 Å². The Morgan fingerprint density at radius 2 is 2.20 bits per heavy atom. The van der Waals surface area contributed by atoms with E-state index in [2.05, 4.69) is 35.4 Å². The van der Waals surface area contributed by atoms with E-state index in [4.69, 9.17) is 0 Å². The summed E-state index contributed by atoms with van der Waals surface area (Å²) in [5.41, 5.74) is 5.26. The highest BCUT2D eigenvalue weighted by atomic mass is 16.1. The number of amides is 1. The third kappa shape index (κ3) is 2.33. The molecule has 1 unspecified atom stereocenters. The summed E-state index contributed by atoms with van der Waals surface area (Å²) in [4.78, 5) is 15.3. The van der Waals surface area contributed by atoms with E-state index in [-0.39, 0.29) is 17.9 Å². The summed E-state index contributed by atoms with van der Waals surface area (Å²) in [6.07, 6.45) is 3.00. The fraction of sp³-hybridized carbons (Fsp3) is 0.471. The van der Waals surface area contributed by atoms with Gasteiger partial charge < -0.3 is 10.3 Å². The summed E-state index contributed by atoms with van der Waals surface area (Å²) in [6, 6.07) is 6.83. The van der Waals surface area contributed by atoms with Crippen LogP contribution in [0.15, 0.2) is 18.2 Å². The SMILES string of the molecule is Cc1ccc2[nH]c3c(c2c1)CCC(NC(=O)C(C)C)C3. The highest BCUT2D eigenvalue weighted by Gasteiger charge is 2.24. The fourth-order valence-corrected chi connectivity index (χ4v) is 3.04. The Labute approximate surface area is 119 Å². The van der Waals surface area contributed by atoms with Gasteiger partial charge in [-0.05, 0) is 37.5 Å². The third-order valence-electron chi connectivity index (χ3n) is 4.21. The summed E-state index contributed by atoms with van der Waals surface area (Å²) in [7, 11) is 0. The maximum Gasteiger partial charge on any atom is 0.222 e. The maximum absolute atomic E-state index is 11.8. The second kappa shape index (κ2) is 4.97. The molecule has 1 aliphatic rings. The van der Waals surface area contributed by atoms with Crippen molar-refractivity contribution in [3.8, 4) is 0 Å². The van der Waals surface area contributed by atoms with Gasteiger partial charge in [-0.3, -0.25) is 4.79 Å². The molecule has 1 aromatic carbocycles. The number of hydrogen-bond donors (Lipinski definition) is 2. The lowest BCUT2D eigenvalue weighted by atomic mass is 9.91. The highest BCUT2D eigenvalue weighted by Crippen LogP contribution is 2.29. The molecule has 1 aromatic heterocycles. The summed E-state index contributed by atoms with van der Waals surface area (Å²) in [6.45, 7) is 6.01. The van der Waals surface area contributed by atoms with Crippen LogP contribution in [0.3, 0.4) is 0 Å². The van der Waals surface area contributed by atoms with Gasteiger partial charge in [0.2, 0.25) is 5.91 Å². The normalized spacial score (nSPS) is 18.3. The smallest absolute Gasteiger partial charge is 0.222 e. The molecule has 1 amide bonds. The van der Waals surface area contributed by atoms with Crippen LogP contribution in [0, 0.1) is 12.8 Å². The molecule has 0 fully saturated rings. The van der Waals surface area contributed by atoms with E-state index >= 15 is 0 Å². The van der Waals surface area contributed by atoms with E-state index in [1.165, 1.54) is 27.7 Å². The monoisotopic (exact) mass is 270 g/mol. The summed E-state index contributed by atoms with van der Waals surface area (Å²) >= 11 is 0. The van der Waals surface area contributed by atoms with E-state index in [9.17, 15) is 4.79 Å². The van der Waals surface area contributed by atoms with E-state index in [1.54, 1.807) is 0 Å². The number of H-pyrrole nitrogens is 1. The number of carbonyl (C=O) groups is 1. The van der Waals surface area contributed by atoms with Gasteiger partial charge >= 0.3 is 0 Å². The molecule has 106 valence electrons. The Hall–Kier alpha value is -1.77. The van der Waals surface area contributed by atoms with Crippen LogP contribution < -0.4 is 5.32 Å². The number of fused-ring (bicyclic) bond motifs is 3. The molecule has 1 aliphatic carbocycles. The Morgan fingerprint density at radius 3 is 2.95 bits per heavy atom. The fourth-order valence-electron chi connectivity index (χ4n) is 3.04. The molecule has 0 bridgehead atoms. The number of aromatic nitrogens is 1. The van der Waals surface area contributed by atoms with Crippen molar-refractivity contribution < 1.29 is 4.79 Å². The number of benzene rings is 1. The van der Waals surface area contributed by atoms with E-state index in [0.29, 0.717) is 0 Å². The van der Waals surface area contributed by atoms with E-state index in [1.807, 2.05) is 13.8 Å². The third-order valence-corrected chi connectivity index (χ3v) is 4.21. The standard InChI is InChI=1S/C17H22N2O/c1-10(2)17(20)18-12-5-6-13-14-8-11(3)4-7-15(14)19-16(13)9-12/h4,7-8,10,12,19H,5-6,9H2,1-3H3,(H,18,20). The van der Waals surface area contributed by atoms with Crippen LogP contribution in [-0.4, -0.2) is 16.9 Å². The molecule has 1 atom stereocenters. The average molecular weight is 270 g/mol. The van der Waals surface area contributed by atoms with Crippen LogP contribution in [-0.2, 0) is 17.6 Å². The van der Waals surface area contributed by atoms with Gasteiger partial charge in [0.1, 0.15) is 0 Å². The lowest BCUT2D eigenvalue weighted by molar-refractivity contribution is -0.124. The van der Waals surface area contributed by atoms with Crippen molar-refractivity contribution in [2.75, 3.05) is 0 Å². The van der Waals surface area contributed by atoms with Crippen molar-refractivity contribution in [3.63, 3.8) is 0 Å². The molecule has 2 N–H and O–H groups in total. The minimum absolute atomic E-state index is 0.0572. The summed E-state index contributed by atoms with van der Waals surface area (Å²) in [5, 5.41) is 4.51. The molecule has 3 rings (SSSR count). The molecule has 0 saturated carbocycles. The van der Waals surface area contributed by atoms with Crippen LogP contribution >= 0.6 is 0 Å². The minimum Gasteiger partial charge on any atom is -0.358 e. The first kappa shape index (κ1) is 13.2. The predicted molar refractivity (Wildman–Crippen MR) is 81.8 cm³/mol. The first-order chi connectivity index (χ1) is 9.54. The van der Waals surface area contributed by atoms with Gasteiger partial charge in [0.05, 0.1) is 0 Å². The molecular formula is C17H22N2O. The van der Waals surface area contributed by atoms with Gasteiger partial charge in [0.15, 0.2) is 0 Å². The van der Waals surface area contributed by atoms with Crippen molar-refractivity contribution in [1.29, 1.82) is 0 Å². The van der Waals surface area contributed by atoms with Gasteiger partial charge in [0, 0.05) is 35.0 Å². The van der Waals surface area contributed by atoms with E-state index < -0.39 is 0 Å². The Bertz CT molecular complexity index is 654. The Kier molecular flexibility index (Phi) is 3.28. The maximum atomic E-state index is 11.8. The number of aryl methyl sites for hydroxylation is 2. The number of carbonyl (C=O) groups excluding carboxylic acids is 1. The molecule has 0 saturated heterocycles. The van der Waals surface area contributed by atoms with Gasteiger partial charge in [-0.2, -0.15) is 0 Å². The van der Waals surface area contributed by atoms with E-state index in [0.717, 1.165) is 19.3 Å². The number of hydrogen-bond acceptors (Lipinski definition) is 1. The first-order valence-electron chi connectivity index (χ1n) is 7.45. The zero-order chi connectivity index (χ0) is 14.3. The Balaban J connectivity index is 1.85. The van der Waals surface area contributed by atoms with Crippen molar-refractivity contribution in [2.45, 2.75) is 46.1 Å². The summed E-state index contributed by atoms with van der Waals surface area (Å²) < 4.78 is 0. The number of nitrogens with one attached hydrogen (secondary N) is 2. The van der Waals surface area contributed by atoms with Crippen LogP contribution in [0.5, 0.6) is 0 Å². The predicted octanol–water partition coefficient (Wildman–Crippen LogP) is 3.11. The number of aromatic amines is 1. The van der Waals surface area contributed by atoms with Crippen LogP contribution in [0.2, 0.25) is 0 Å². The topological polar surface area (TPSA) is 44.9 Å². The minimum atomic E-state index is 0.0572. The molecule has 0 spiro atoms. The van der Waals surface area contributed by atoms with Gasteiger partial charge in [-0.1, -0.05) is 25.5 Å². The molecule has 0 aliphatic heterocycles. The average Bonchev–Trinajstić information content (AvgIpc) is 2.75. The summed E-state index contributed by atoms with van der Waals surface area (Å²) in [5.74, 6) is 0.215. The largest absolute Gasteiger partial charge is 0.358 e. The van der Waals surface area contributed by atoms with Gasteiger partial charge in [-0.15, -0.1) is 0 Å². The van der Waals surface area contributed by atoms with Gasteiger partial charge in [0.25, 0.3) is 0 Å². The molecule has 3 nitrogen and oxygen atoms in total. The molecular weight excluding hydrogens is 248 g/mol. The zero-order valence-electron chi connectivity index (χ0n) is 12.4. The molecule has 3 heteroatoms. The molecule has 2 aromatic rings. The molecule has 0 radical (unpaired) electrons.